The van der Waals surface area contributed by atoms with Crippen LogP contribution in [-0.2, 0) is 4.79 Å². The minimum absolute atomic E-state index is 0.715. The van der Waals surface area contributed by atoms with E-state index in [9.17, 15) is 18.0 Å². The van der Waals surface area contributed by atoms with Gasteiger partial charge in [-0.25, -0.2) is 0 Å². The number of hydrogen-bond donors (Lipinski definition) is 2. The van der Waals surface area contributed by atoms with Gasteiger partial charge in [-0.3, -0.25) is 4.79 Å². The second-order valence-electron chi connectivity index (χ2n) is 2.69. The Hall–Kier alpha value is -1.29. The molecule has 2 atom stereocenters. The van der Waals surface area contributed by atoms with Crippen molar-refractivity contribution in [1.29, 1.82) is 5.26 Å². The Morgan fingerprint density at radius 2 is 2.14 bits per heavy atom. The van der Waals surface area contributed by atoms with Crippen molar-refractivity contribution >= 4 is 5.97 Å². The SMILES string of the molecule is CC(NCC(C#N)C(F)(F)F)C(=O)O. The predicted molar refractivity (Wildman–Crippen MR) is 40.3 cm³/mol. The average Bonchev–Trinajstić information content (AvgIpc) is 2.02. The molecule has 0 aliphatic rings. The van der Waals surface area contributed by atoms with E-state index in [0.29, 0.717) is 0 Å². The molecule has 0 aromatic carbocycles. The summed E-state index contributed by atoms with van der Waals surface area (Å²) in [6, 6.07) is -0.0477. The van der Waals surface area contributed by atoms with Crippen LogP contribution in [0.4, 0.5) is 13.2 Å². The topological polar surface area (TPSA) is 73.1 Å². The Morgan fingerprint density at radius 3 is 2.43 bits per heavy atom. The van der Waals surface area contributed by atoms with Crippen LogP contribution in [0, 0.1) is 17.2 Å². The highest BCUT2D eigenvalue weighted by Gasteiger charge is 2.39. The number of halogens is 3. The maximum atomic E-state index is 12.0. The summed E-state index contributed by atoms with van der Waals surface area (Å²) in [7, 11) is 0. The highest BCUT2D eigenvalue weighted by Crippen LogP contribution is 2.24. The molecular formula is C7H9F3N2O2. The number of nitrogens with zero attached hydrogens (tertiary/aromatic N) is 1. The molecule has 0 saturated heterocycles. The van der Waals surface area contributed by atoms with Gasteiger partial charge < -0.3 is 10.4 Å². The van der Waals surface area contributed by atoms with Crippen LogP contribution in [0.5, 0.6) is 0 Å². The summed E-state index contributed by atoms with van der Waals surface area (Å²) in [5, 5.41) is 18.6. The van der Waals surface area contributed by atoms with Crippen molar-refractivity contribution in [3.05, 3.63) is 0 Å². The van der Waals surface area contributed by atoms with Crippen LogP contribution in [0.2, 0.25) is 0 Å². The Bertz CT molecular complexity index is 246. The highest BCUT2D eigenvalue weighted by atomic mass is 19.4. The van der Waals surface area contributed by atoms with Crippen LogP contribution in [0.3, 0.4) is 0 Å². The van der Waals surface area contributed by atoms with Gasteiger partial charge in [0.25, 0.3) is 0 Å². The zero-order valence-electron chi connectivity index (χ0n) is 7.30. The molecule has 0 aromatic heterocycles. The Kier molecular flexibility index (Phi) is 4.37. The molecule has 0 fully saturated rings. The fourth-order valence-corrected chi connectivity index (χ4v) is 0.617. The maximum Gasteiger partial charge on any atom is 0.405 e. The number of alkyl halides is 3. The average molecular weight is 210 g/mol. The molecular weight excluding hydrogens is 201 g/mol. The van der Waals surface area contributed by atoms with Crippen molar-refractivity contribution in [3.63, 3.8) is 0 Å². The minimum atomic E-state index is -4.63. The zero-order valence-corrected chi connectivity index (χ0v) is 7.30. The number of carboxylic acids is 1. The molecule has 2 N–H and O–H groups in total. The molecule has 0 spiro atoms. The van der Waals surface area contributed by atoms with Crippen molar-refractivity contribution in [1.82, 2.24) is 5.32 Å². The van der Waals surface area contributed by atoms with Crippen LogP contribution in [0.15, 0.2) is 0 Å². The van der Waals surface area contributed by atoms with Crippen molar-refractivity contribution in [2.75, 3.05) is 6.54 Å². The molecule has 2 unspecified atom stereocenters. The van der Waals surface area contributed by atoms with E-state index in [4.69, 9.17) is 10.4 Å². The monoisotopic (exact) mass is 210 g/mol. The summed E-state index contributed by atoms with van der Waals surface area (Å²) < 4.78 is 35.9. The van der Waals surface area contributed by atoms with E-state index in [-0.39, 0.29) is 0 Å². The number of rotatable bonds is 4. The number of carbonyl (C=O) groups is 1. The first-order valence-corrected chi connectivity index (χ1v) is 3.71. The summed E-state index contributed by atoms with van der Waals surface area (Å²) in [5.74, 6) is -3.44. The van der Waals surface area contributed by atoms with Gasteiger partial charge in [0.1, 0.15) is 6.04 Å². The second kappa shape index (κ2) is 4.81. The first kappa shape index (κ1) is 12.7. The highest BCUT2D eigenvalue weighted by molar-refractivity contribution is 5.72. The fourth-order valence-electron chi connectivity index (χ4n) is 0.617. The van der Waals surface area contributed by atoms with Gasteiger partial charge in [0.2, 0.25) is 0 Å². The molecule has 0 amide bonds. The first-order valence-electron chi connectivity index (χ1n) is 3.71. The van der Waals surface area contributed by atoms with E-state index >= 15 is 0 Å². The van der Waals surface area contributed by atoms with Crippen LogP contribution >= 0.6 is 0 Å². The normalized spacial score (nSPS) is 15.6. The molecule has 4 nitrogen and oxygen atoms in total. The van der Waals surface area contributed by atoms with Gasteiger partial charge in [-0.1, -0.05) is 0 Å². The van der Waals surface area contributed by atoms with E-state index in [1.807, 2.05) is 0 Å². The Morgan fingerprint density at radius 1 is 1.64 bits per heavy atom. The van der Waals surface area contributed by atoms with Crippen molar-refractivity contribution in [2.24, 2.45) is 5.92 Å². The van der Waals surface area contributed by atoms with E-state index in [1.54, 1.807) is 0 Å². The number of carboxylic acid groups (broad SMARTS) is 1. The molecule has 0 saturated carbocycles. The van der Waals surface area contributed by atoms with Crippen molar-refractivity contribution < 1.29 is 23.1 Å². The van der Waals surface area contributed by atoms with Gasteiger partial charge in [-0.05, 0) is 6.92 Å². The van der Waals surface area contributed by atoms with Crippen LogP contribution in [-0.4, -0.2) is 29.8 Å². The summed E-state index contributed by atoms with van der Waals surface area (Å²) in [4.78, 5) is 10.2. The number of hydrogen-bond acceptors (Lipinski definition) is 3. The minimum Gasteiger partial charge on any atom is -0.480 e. The van der Waals surface area contributed by atoms with E-state index in [1.165, 1.54) is 6.92 Å². The van der Waals surface area contributed by atoms with Crippen LogP contribution in [0.1, 0.15) is 6.92 Å². The van der Waals surface area contributed by atoms with E-state index in [2.05, 4.69) is 5.32 Å². The number of aliphatic carboxylic acids is 1. The van der Waals surface area contributed by atoms with E-state index < -0.39 is 30.7 Å². The molecule has 0 heterocycles. The standard InChI is InChI=1S/C7H9F3N2O2/c1-4(6(13)14)12-3-5(2-11)7(8,9)10/h4-5,12H,3H2,1H3,(H,13,14). The first-order chi connectivity index (χ1) is 6.29. The third-order valence-electron chi connectivity index (χ3n) is 1.55. The van der Waals surface area contributed by atoms with Gasteiger partial charge >= 0.3 is 12.1 Å². The van der Waals surface area contributed by atoms with Gasteiger partial charge in [0.15, 0.2) is 5.92 Å². The smallest absolute Gasteiger partial charge is 0.405 e. The molecule has 0 aliphatic carbocycles. The van der Waals surface area contributed by atoms with Crippen LogP contribution in [0.25, 0.3) is 0 Å². The predicted octanol–water partition coefficient (Wildman–Crippen LogP) is 0.751. The second-order valence-corrected chi connectivity index (χ2v) is 2.69. The number of nitriles is 1. The van der Waals surface area contributed by atoms with Gasteiger partial charge in [0.05, 0.1) is 6.07 Å². The Labute approximate surface area is 78.3 Å². The summed E-state index contributed by atoms with van der Waals surface area (Å²) in [5.41, 5.74) is 0. The summed E-state index contributed by atoms with van der Waals surface area (Å²) in [6.45, 7) is 0.487. The van der Waals surface area contributed by atoms with Gasteiger partial charge in [-0.15, -0.1) is 0 Å². The molecule has 0 radical (unpaired) electrons. The molecule has 80 valence electrons. The largest absolute Gasteiger partial charge is 0.480 e. The lowest BCUT2D eigenvalue weighted by Crippen LogP contribution is -2.40. The molecule has 0 aromatic rings. The lowest BCUT2D eigenvalue weighted by molar-refractivity contribution is -0.159. The van der Waals surface area contributed by atoms with Crippen molar-refractivity contribution in [2.45, 2.75) is 19.1 Å². The zero-order chi connectivity index (χ0) is 11.4. The van der Waals surface area contributed by atoms with Gasteiger partial charge in [0, 0.05) is 6.54 Å². The molecule has 14 heavy (non-hydrogen) atoms. The third kappa shape index (κ3) is 4.09. The fraction of sp³-hybridized carbons (Fsp3) is 0.714. The lowest BCUT2D eigenvalue weighted by atomic mass is 10.1. The maximum absolute atomic E-state index is 12.0. The third-order valence-corrected chi connectivity index (χ3v) is 1.55. The van der Waals surface area contributed by atoms with Crippen molar-refractivity contribution in [3.8, 4) is 6.07 Å². The van der Waals surface area contributed by atoms with E-state index in [0.717, 1.165) is 6.07 Å². The summed E-state index contributed by atoms with van der Waals surface area (Å²) in [6.07, 6.45) is -4.63. The van der Waals surface area contributed by atoms with Gasteiger partial charge in [-0.2, -0.15) is 18.4 Å². The Balaban J connectivity index is 4.12. The summed E-state index contributed by atoms with van der Waals surface area (Å²) >= 11 is 0. The molecule has 7 heteroatoms. The molecule has 0 aliphatic heterocycles. The molecule has 0 rings (SSSR count). The quantitative estimate of drug-likeness (QED) is 0.718. The lowest BCUT2D eigenvalue weighted by Gasteiger charge is -2.15. The molecule has 0 bridgehead atoms. The number of nitrogens with one attached hydrogen (secondary N) is 1. The van der Waals surface area contributed by atoms with Crippen LogP contribution < -0.4 is 5.32 Å².